The minimum Gasteiger partial charge on any atom is -0.394 e. The van der Waals surface area contributed by atoms with E-state index >= 15 is 0 Å². The van der Waals surface area contributed by atoms with E-state index in [1.807, 2.05) is 4.98 Å². The molecule has 11 heterocycles. The summed E-state index contributed by atoms with van der Waals surface area (Å²) in [6, 6.07) is 4.03. The van der Waals surface area contributed by atoms with Crippen molar-refractivity contribution in [1.82, 2.24) is 57.7 Å². The molecule has 542 valence electrons. The molecule has 0 aromatic carbocycles. The van der Waals surface area contributed by atoms with Crippen molar-refractivity contribution in [2.24, 2.45) is 0 Å². The van der Waals surface area contributed by atoms with Crippen LogP contribution in [0.15, 0.2) is 85.7 Å². The molecule has 5 aliphatic rings. The fraction of sp³-hybridized carbons (Fsp3) is 0.543. The van der Waals surface area contributed by atoms with Crippen LogP contribution in [-0.2, 0) is 78.1 Å². The zero-order valence-corrected chi connectivity index (χ0v) is 53.4. The lowest BCUT2D eigenvalue weighted by molar-refractivity contribution is -0.0662. The first-order valence-corrected chi connectivity index (χ1v) is 34.5. The van der Waals surface area contributed by atoms with Crippen LogP contribution in [0, 0.1) is 0 Å². The number of hydrogen-bond donors (Lipinski definition) is 16. The number of phosphoric acid groups is 4. The summed E-state index contributed by atoms with van der Waals surface area (Å²) < 4.78 is 129. The van der Waals surface area contributed by atoms with Crippen LogP contribution in [0.4, 0.5) is 23.3 Å². The number of H-pyrrole nitrogens is 1. The van der Waals surface area contributed by atoms with Gasteiger partial charge in [-0.1, -0.05) is 0 Å². The number of nitrogens with two attached hydrogens (primary N) is 4. The maximum absolute atomic E-state index is 14.1. The Morgan fingerprint density at radius 3 is 1.17 bits per heavy atom. The van der Waals surface area contributed by atoms with Gasteiger partial charge in [-0.2, -0.15) is 15.0 Å². The zero-order chi connectivity index (χ0) is 71.5. The Bertz CT molecular complexity index is 4470. The van der Waals surface area contributed by atoms with Gasteiger partial charge in [0, 0.05) is 30.9 Å². The standard InChI is InChI=1S/C46H60N16O33P4/c47-21-1-5-58(43(71)54-21)40-29(68)33(93-96(75,76)83-10-17-26(65)27(66)38(88-17)62-15-53-25-36(50)51-14-52-37(25)62)19(90-40)12-85-98(79,80)95-35-20(91-42(31(35)70)60-7-3-23(49)56-45(60)73)13-86-99(81,82)94-34-18(89-41(30(34)69)59-6-2-22(48)55-44(59)72)11-84-97(77,78)92-32-16(9-63)87-39(28(32)67)61-8-4-24(64)57-46(61)74/h1-8,14-20,26-35,38-42,63,65-70H,9-13H2,(H,75,76)(H,77,78)(H,79,80)(H,81,82)(H2,47,54,71)(H2,48,55,72)(H2,49,56,73)(H2,50,51,52)(H,57,64,74)/t16-,17-,18-,19-,20-,26-,27-,28-,29-,30-,31-,32-,33-,34-,35-,38-,39-,40-,41-,42-/m1/s1. The number of fused-ring (bicyclic) bond motifs is 1. The van der Waals surface area contributed by atoms with E-state index in [4.69, 9.17) is 82.8 Å². The lowest BCUT2D eigenvalue weighted by Crippen LogP contribution is -2.39. The molecule has 6 aromatic heterocycles. The summed E-state index contributed by atoms with van der Waals surface area (Å²) in [5.41, 5.74) is 17.3. The van der Waals surface area contributed by atoms with Gasteiger partial charge in [-0.25, -0.2) is 52.4 Å². The number of nitrogens with one attached hydrogen (secondary N) is 1. The molecule has 49 nitrogen and oxygen atoms in total. The van der Waals surface area contributed by atoms with Crippen molar-refractivity contribution < 1.29 is 133 Å². The molecular weight excluding hydrogens is 1430 g/mol. The molecule has 0 spiro atoms. The van der Waals surface area contributed by atoms with Crippen molar-refractivity contribution in [2.45, 2.75) is 123 Å². The number of anilines is 4. The van der Waals surface area contributed by atoms with E-state index in [1.165, 1.54) is 4.57 Å². The predicted molar refractivity (Wildman–Crippen MR) is 315 cm³/mol. The van der Waals surface area contributed by atoms with Crippen molar-refractivity contribution in [3.8, 4) is 0 Å². The molecule has 5 aliphatic heterocycles. The van der Waals surface area contributed by atoms with Crippen molar-refractivity contribution in [1.29, 1.82) is 0 Å². The third kappa shape index (κ3) is 15.8. The lowest BCUT2D eigenvalue weighted by Gasteiger charge is -2.27. The summed E-state index contributed by atoms with van der Waals surface area (Å²) in [6.07, 6.45) is -34.0. The summed E-state index contributed by atoms with van der Waals surface area (Å²) in [6.45, 7) is -6.10. The quantitative estimate of drug-likeness (QED) is 0.0224. The lowest BCUT2D eigenvalue weighted by atomic mass is 10.1. The summed E-state index contributed by atoms with van der Waals surface area (Å²) in [4.78, 5) is 132. The molecule has 0 amide bonds. The highest BCUT2D eigenvalue weighted by Gasteiger charge is 2.56. The minimum atomic E-state index is -5.87. The van der Waals surface area contributed by atoms with Gasteiger partial charge in [-0.3, -0.25) is 68.8 Å². The first kappa shape index (κ1) is 73.3. The molecule has 0 bridgehead atoms. The molecule has 6 aromatic rings. The Balaban J connectivity index is 0.792. The van der Waals surface area contributed by atoms with Crippen LogP contribution in [-0.4, -0.2) is 238 Å². The van der Waals surface area contributed by atoms with Gasteiger partial charge < -0.3 is 102 Å². The molecule has 0 saturated carbocycles. The minimum absolute atomic E-state index is 0.0437. The summed E-state index contributed by atoms with van der Waals surface area (Å²) in [7, 11) is -22.9. The molecule has 0 radical (unpaired) electrons. The number of nitrogen functional groups attached to an aromatic ring is 4. The van der Waals surface area contributed by atoms with Gasteiger partial charge in [0.05, 0.1) is 39.4 Å². The second kappa shape index (κ2) is 28.8. The molecule has 20 N–H and O–H groups in total. The Kier molecular flexibility index (Phi) is 21.3. The van der Waals surface area contributed by atoms with Gasteiger partial charge in [0.2, 0.25) is 0 Å². The third-order valence-corrected chi connectivity index (χ3v) is 19.5. The number of aliphatic hydroxyl groups is 7. The van der Waals surface area contributed by atoms with E-state index in [9.17, 15) is 97.6 Å². The molecule has 5 fully saturated rings. The van der Waals surface area contributed by atoms with Crippen molar-refractivity contribution >= 4 is 65.7 Å². The van der Waals surface area contributed by atoms with E-state index < -0.39 is 215 Å². The first-order valence-electron chi connectivity index (χ1n) is 28.5. The van der Waals surface area contributed by atoms with E-state index in [2.05, 4.69) is 29.9 Å². The number of rotatable bonds is 26. The van der Waals surface area contributed by atoms with Gasteiger partial charge in [0.15, 0.2) is 42.6 Å². The van der Waals surface area contributed by atoms with Crippen molar-refractivity contribution in [3.63, 3.8) is 0 Å². The molecule has 4 unspecified atom stereocenters. The van der Waals surface area contributed by atoms with Gasteiger partial charge in [-0.05, 0) is 18.2 Å². The second-order valence-corrected chi connectivity index (χ2v) is 27.6. The zero-order valence-electron chi connectivity index (χ0n) is 49.8. The number of imidazole rings is 1. The molecular formula is C46H60N16O33P4. The van der Waals surface area contributed by atoms with E-state index in [1.54, 1.807) is 0 Å². The van der Waals surface area contributed by atoms with Gasteiger partial charge in [0.25, 0.3) is 5.56 Å². The highest BCUT2D eigenvalue weighted by atomic mass is 31.2. The number of aromatic nitrogens is 12. The SMILES string of the molecule is Nc1ccn([C@@H]2O[C@H](COP(=O)(O)O[C@H]3[C@@H](O)[C@H](n4ccc(N)nc4=O)O[C@@H]3COP(=O)(O)O[C@H]3[C@@H](O)[C@H](n4ccc(N)nc4=O)O[C@@H]3COP(=O)(O)O[C@H]3[C@@H](O)[C@H](n4ccc(=O)[nH]c4=O)O[C@@H]3CO)[C@@H](OP(=O)(O)OC[C@H]3O[C@@H](n4cnc5c(N)ncnc54)[C@H](O)[C@@H]3O)[C@H]2O)c(=O)n1. The Labute approximate surface area is 548 Å². The Morgan fingerprint density at radius 2 is 0.788 bits per heavy atom. The average Bonchev–Trinajstić information content (AvgIpc) is 1.66. The normalized spacial score (nSPS) is 33.4. The molecule has 99 heavy (non-hydrogen) atoms. The maximum Gasteiger partial charge on any atom is 0.472 e. The fourth-order valence-electron chi connectivity index (χ4n) is 10.9. The van der Waals surface area contributed by atoms with E-state index in [-0.39, 0.29) is 34.4 Å². The van der Waals surface area contributed by atoms with Crippen LogP contribution < -0.4 is 51.3 Å². The summed E-state index contributed by atoms with van der Waals surface area (Å²) in [5.74, 6) is -1.04. The highest BCUT2D eigenvalue weighted by Crippen LogP contribution is 2.55. The predicted octanol–water partition coefficient (Wildman–Crippen LogP) is -7.87. The molecule has 5 saturated heterocycles. The van der Waals surface area contributed by atoms with Gasteiger partial charge >= 0.3 is 54.0 Å². The number of ether oxygens (including phenoxy) is 5. The number of hydrogen-bond acceptors (Lipinski definition) is 39. The van der Waals surface area contributed by atoms with Gasteiger partial charge in [0.1, 0.15) is 121 Å². The van der Waals surface area contributed by atoms with E-state index in [0.29, 0.717) is 18.3 Å². The molecule has 53 heteroatoms. The van der Waals surface area contributed by atoms with Crippen LogP contribution >= 0.6 is 31.3 Å². The van der Waals surface area contributed by atoms with Crippen molar-refractivity contribution in [2.75, 3.05) is 56.0 Å². The molecule has 24 atom stereocenters. The Morgan fingerprint density at radius 1 is 0.444 bits per heavy atom. The topological polar surface area (TPSA) is 718 Å². The fourth-order valence-corrected chi connectivity index (χ4v) is 14.8. The molecule has 11 rings (SSSR count). The van der Waals surface area contributed by atoms with E-state index in [0.717, 1.165) is 61.7 Å². The molecule has 0 aliphatic carbocycles. The van der Waals surface area contributed by atoms with Crippen LogP contribution in [0.3, 0.4) is 0 Å². The van der Waals surface area contributed by atoms with Crippen LogP contribution in [0.2, 0.25) is 0 Å². The van der Waals surface area contributed by atoms with Crippen LogP contribution in [0.1, 0.15) is 31.1 Å². The Hall–Kier alpha value is -6.97. The second-order valence-electron chi connectivity index (χ2n) is 22.0. The smallest absolute Gasteiger partial charge is 0.394 e. The monoisotopic (exact) mass is 1490 g/mol. The number of nitrogens with zero attached hydrogens (tertiary/aromatic N) is 11. The third-order valence-electron chi connectivity index (χ3n) is 15.5. The number of phosphoric ester groups is 4. The number of aliphatic hydroxyl groups excluding tert-OH is 7. The summed E-state index contributed by atoms with van der Waals surface area (Å²) >= 11 is 0. The van der Waals surface area contributed by atoms with Crippen LogP contribution in [0.5, 0.6) is 0 Å². The average molecular weight is 1490 g/mol. The van der Waals surface area contributed by atoms with Crippen LogP contribution in [0.25, 0.3) is 11.2 Å². The van der Waals surface area contributed by atoms with Crippen molar-refractivity contribution in [3.05, 3.63) is 114 Å². The largest absolute Gasteiger partial charge is 0.472 e. The first-order chi connectivity index (χ1) is 46.6. The number of aromatic amines is 1. The van der Waals surface area contributed by atoms with Gasteiger partial charge in [-0.15, -0.1) is 0 Å². The maximum atomic E-state index is 14.1. The summed E-state index contributed by atoms with van der Waals surface area (Å²) in [5, 5.41) is 77.8. The highest BCUT2D eigenvalue weighted by molar-refractivity contribution is 7.48.